The summed E-state index contributed by atoms with van der Waals surface area (Å²) in [5.74, 6) is 1.45. The van der Waals surface area contributed by atoms with E-state index < -0.39 is 0 Å². The first kappa shape index (κ1) is 17.3. The Balaban J connectivity index is 1.79. The molecule has 0 spiro atoms. The zero-order valence-electron chi connectivity index (χ0n) is 15.1. The van der Waals surface area contributed by atoms with Gasteiger partial charge in [-0.2, -0.15) is 0 Å². The number of carbonyl (C=O) groups is 1. The molecule has 0 aliphatic carbocycles. The van der Waals surface area contributed by atoms with Crippen molar-refractivity contribution in [2.75, 3.05) is 5.32 Å². The Hall–Kier alpha value is -3.12. The SMILES string of the molecule is CCc1cc2c(Nc3ccc(C(C)=O)cc3)nc(-c3cccnc3)nc2s1. The summed E-state index contributed by atoms with van der Waals surface area (Å²) in [5.41, 5.74) is 2.44. The first-order valence-electron chi connectivity index (χ1n) is 8.73. The number of fused-ring (bicyclic) bond motifs is 1. The first-order chi connectivity index (χ1) is 13.1. The highest BCUT2D eigenvalue weighted by Gasteiger charge is 2.13. The lowest BCUT2D eigenvalue weighted by Crippen LogP contribution is -1.99. The average molecular weight is 374 g/mol. The van der Waals surface area contributed by atoms with Crippen LogP contribution in [0.25, 0.3) is 21.6 Å². The van der Waals surface area contributed by atoms with Crippen LogP contribution >= 0.6 is 11.3 Å². The van der Waals surface area contributed by atoms with E-state index in [1.165, 1.54) is 4.88 Å². The molecule has 0 aliphatic rings. The highest BCUT2D eigenvalue weighted by molar-refractivity contribution is 7.18. The second-order valence-electron chi connectivity index (χ2n) is 6.18. The van der Waals surface area contributed by atoms with E-state index in [2.05, 4.69) is 23.3 Å². The lowest BCUT2D eigenvalue weighted by atomic mass is 10.1. The number of rotatable bonds is 5. The van der Waals surface area contributed by atoms with Gasteiger partial charge >= 0.3 is 0 Å². The van der Waals surface area contributed by atoms with Crippen molar-refractivity contribution in [1.29, 1.82) is 0 Å². The van der Waals surface area contributed by atoms with Crippen LogP contribution in [0.1, 0.15) is 29.1 Å². The molecular weight excluding hydrogens is 356 g/mol. The summed E-state index contributed by atoms with van der Waals surface area (Å²) >= 11 is 1.68. The molecule has 0 unspecified atom stereocenters. The van der Waals surface area contributed by atoms with Gasteiger partial charge in [-0.05, 0) is 55.8 Å². The minimum Gasteiger partial charge on any atom is -0.340 e. The zero-order chi connectivity index (χ0) is 18.8. The van der Waals surface area contributed by atoms with Gasteiger partial charge in [-0.3, -0.25) is 9.78 Å². The molecule has 0 aliphatic heterocycles. The molecule has 3 aromatic heterocycles. The predicted octanol–water partition coefficient (Wildman–Crippen LogP) is 5.26. The number of ketones is 1. The van der Waals surface area contributed by atoms with Crippen molar-refractivity contribution in [3.63, 3.8) is 0 Å². The summed E-state index contributed by atoms with van der Waals surface area (Å²) in [5, 5.41) is 4.38. The summed E-state index contributed by atoms with van der Waals surface area (Å²) in [6, 6.07) is 13.4. The van der Waals surface area contributed by atoms with Crippen LogP contribution in [0.4, 0.5) is 11.5 Å². The molecule has 0 radical (unpaired) electrons. The topological polar surface area (TPSA) is 67.8 Å². The molecule has 0 saturated heterocycles. The van der Waals surface area contributed by atoms with E-state index >= 15 is 0 Å². The number of pyridine rings is 1. The van der Waals surface area contributed by atoms with Gasteiger partial charge in [0.25, 0.3) is 0 Å². The van der Waals surface area contributed by atoms with Crippen LogP contribution in [-0.4, -0.2) is 20.7 Å². The van der Waals surface area contributed by atoms with E-state index in [-0.39, 0.29) is 5.78 Å². The monoisotopic (exact) mass is 374 g/mol. The Morgan fingerprint density at radius 2 is 1.96 bits per heavy atom. The molecule has 0 bridgehead atoms. The molecule has 0 saturated carbocycles. The normalized spacial score (nSPS) is 10.9. The lowest BCUT2D eigenvalue weighted by Gasteiger charge is -2.09. The number of thiophene rings is 1. The van der Waals surface area contributed by atoms with Crippen LogP contribution in [0.2, 0.25) is 0 Å². The van der Waals surface area contributed by atoms with Crippen molar-refractivity contribution < 1.29 is 4.79 Å². The van der Waals surface area contributed by atoms with Gasteiger partial charge < -0.3 is 5.32 Å². The maximum atomic E-state index is 11.5. The van der Waals surface area contributed by atoms with Gasteiger partial charge in [0.1, 0.15) is 10.6 Å². The Bertz CT molecular complexity index is 1100. The Morgan fingerprint density at radius 3 is 2.63 bits per heavy atom. The van der Waals surface area contributed by atoms with Gasteiger partial charge in [-0.1, -0.05) is 6.92 Å². The number of aromatic nitrogens is 3. The Labute approximate surface area is 161 Å². The quantitative estimate of drug-likeness (QED) is 0.483. The molecule has 3 heterocycles. The van der Waals surface area contributed by atoms with Crippen LogP contribution in [0.5, 0.6) is 0 Å². The molecule has 1 aromatic carbocycles. The van der Waals surface area contributed by atoms with Crippen molar-refractivity contribution in [1.82, 2.24) is 15.0 Å². The van der Waals surface area contributed by atoms with E-state index in [1.54, 1.807) is 30.7 Å². The van der Waals surface area contributed by atoms with Crippen LogP contribution in [0, 0.1) is 0 Å². The van der Waals surface area contributed by atoms with E-state index in [4.69, 9.17) is 9.97 Å². The maximum absolute atomic E-state index is 11.5. The standard InChI is InChI=1S/C21H18N4OS/c1-3-17-11-18-20(23-16-8-6-14(7-9-16)13(2)26)24-19(25-21(18)27-17)15-5-4-10-22-12-15/h4-12H,3H2,1-2H3,(H,23,24,25). The molecule has 4 rings (SSSR count). The molecule has 1 N–H and O–H groups in total. The van der Waals surface area contributed by atoms with Crippen LogP contribution in [-0.2, 0) is 6.42 Å². The number of hydrogen-bond donors (Lipinski definition) is 1. The summed E-state index contributed by atoms with van der Waals surface area (Å²) < 4.78 is 0. The van der Waals surface area contributed by atoms with Gasteiger partial charge in [0.05, 0.1) is 5.39 Å². The fraction of sp³-hybridized carbons (Fsp3) is 0.143. The third kappa shape index (κ3) is 3.57. The fourth-order valence-corrected chi connectivity index (χ4v) is 3.76. The van der Waals surface area contributed by atoms with E-state index in [0.29, 0.717) is 11.4 Å². The van der Waals surface area contributed by atoms with Crippen molar-refractivity contribution >= 4 is 38.8 Å². The predicted molar refractivity (Wildman–Crippen MR) is 110 cm³/mol. The molecule has 0 atom stereocenters. The maximum Gasteiger partial charge on any atom is 0.164 e. The number of nitrogens with one attached hydrogen (secondary N) is 1. The van der Waals surface area contributed by atoms with Crippen molar-refractivity contribution in [3.05, 3.63) is 65.3 Å². The zero-order valence-corrected chi connectivity index (χ0v) is 15.9. The van der Waals surface area contributed by atoms with Crippen molar-refractivity contribution in [2.45, 2.75) is 20.3 Å². The number of nitrogens with zero attached hydrogens (tertiary/aromatic N) is 3. The molecule has 27 heavy (non-hydrogen) atoms. The summed E-state index contributed by atoms with van der Waals surface area (Å²) in [4.78, 5) is 27.3. The molecule has 134 valence electrons. The summed E-state index contributed by atoms with van der Waals surface area (Å²) in [6.07, 6.45) is 4.45. The minimum atomic E-state index is 0.0512. The Morgan fingerprint density at radius 1 is 1.15 bits per heavy atom. The number of aryl methyl sites for hydroxylation is 1. The highest BCUT2D eigenvalue weighted by Crippen LogP contribution is 2.33. The van der Waals surface area contributed by atoms with Crippen LogP contribution in [0.15, 0.2) is 54.9 Å². The second-order valence-corrected chi connectivity index (χ2v) is 7.30. The minimum absolute atomic E-state index is 0.0512. The van der Waals surface area contributed by atoms with Crippen LogP contribution in [0.3, 0.4) is 0 Å². The number of anilines is 2. The average Bonchev–Trinajstić information content (AvgIpc) is 3.13. The number of carbonyl (C=O) groups excluding carboxylic acids is 1. The van der Waals surface area contributed by atoms with Gasteiger partial charge in [-0.25, -0.2) is 9.97 Å². The summed E-state index contributed by atoms with van der Waals surface area (Å²) in [6.45, 7) is 3.70. The molecule has 5 nitrogen and oxygen atoms in total. The van der Waals surface area contributed by atoms with E-state index in [0.717, 1.165) is 33.7 Å². The van der Waals surface area contributed by atoms with Crippen molar-refractivity contribution in [2.24, 2.45) is 0 Å². The van der Waals surface area contributed by atoms with Gasteiger partial charge in [-0.15, -0.1) is 11.3 Å². The molecular formula is C21H18N4OS. The second kappa shape index (κ2) is 7.25. The molecule has 0 amide bonds. The number of hydrogen-bond acceptors (Lipinski definition) is 6. The highest BCUT2D eigenvalue weighted by atomic mass is 32.1. The largest absolute Gasteiger partial charge is 0.340 e. The Kier molecular flexibility index (Phi) is 4.64. The smallest absolute Gasteiger partial charge is 0.164 e. The third-order valence-electron chi connectivity index (χ3n) is 4.27. The van der Waals surface area contributed by atoms with Gasteiger partial charge in [0, 0.05) is 34.1 Å². The van der Waals surface area contributed by atoms with Gasteiger partial charge in [0.2, 0.25) is 0 Å². The molecule has 4 aromatic rings. The first-order valence-corrected chi connectivity index (χ1v) is 9.54. The number of benzene rings is 1. The molecule has 6 heteroatoms. The van der Waals surface area contributed by atoms with E-state index in [9.17, 15) is 4.79 Å². The van der Waals surface area contributed by atoms with E-state index in [1.807, 2.05) is 36.4 Å². The lowest BCUT2D eigenvalue weighted by molar-refractivity contribution is 0.101. The summed E-state index contributed by atoms with van der Waals surface area (Å²) in [7, 11) is 0. The number of Topliss-reactive ketones (excluding diaryl/α,β-unsaturated/α-hetero) is 1. The van der Waals surface area contributed by atoms with Crippen molar-refractivity contribution in [3.8, 4) is 11.4 Å². The van der Waals surface area contributed by atoms with Gasteiger partial charge in [0.15, 0.2) is 11.6 Å². The fourth-order valence-electron chi connectivity index (χ4n) is 2.79. The van der Waals surface area contributed by atoms with Crippen LogP contribution < -0.4 is 5.32 Å². The molecule has 0 fully saturated rings. The third-order valence-corrected chi connectivity index (χ3v) is 5.44.